The molecule has 42 heavy (non-hydrogen) atoms. The van der Waals surface area contributed by atoms with Crippen LogP contribution in [0, 0.1) is 18.7 Å². The van der Waals surface area contributed by atoms with E-state index in [1.165, 1.54) is 50.3 Å². The number of rotatable bonds is 10. The van der Waals surface area contributed by atoms with Crippen LogP contribution in [0.3, 0.4) is 0 Å². The Morgan fingerprint density at radius 1 is 1.05 bits per heavy atom. The van der Waals surface area contributed by atoms with Crippen LogP contribution in [0.15, 0.2) is 79.7 Å². The molecule has 1 saturated heterocycles. The first-order chi connectivity index (χ1) is 20.4. The molecule has 6 heteroatoms. The summed E-state index contributed by atoms with van der Waals surface area (Å²) >= 11 is 0. The maximum Gasteiger partial charge on any atom is 0.133 e. The molecule has 0 unspecified atom stereocenters. The second kappa shape index (κ2) is 13.3. The van der Waals surface area contributed by atoms with Gasteiger partial charge in [-0.15, -0.1) is 0 Å². The van der Waals surface area contributed by atoms with E-state index in [-0.39, 0.29) is 5.82 Å². The van der Waals surface area contributed by atoms with Gasteiger partial charge in [0.1, 0.15) is 11.5 Å². The molecule has 2 aromatic heterocycles. The van der Waals surface area contributed by atoms with Crippen LogP contribution in [-0.4, -0.2) is 33.2 Å². The summed E-state index contributed by atoms with van der Waals surface area (Å²) in [5.41, 5.74) is 8.82. The van der Waals surface area contributed by atoms with Crippen molar-refractivity contribution in [3.8, 4) is 11.4 Å². The molecular weight excluding hydrogens is 521 g/mol. The lowest BCUT2D eigenvalue weighted by atomic mass is 9.87. The summed E-state index contributed by atoms with van der Waals surface area (Å²) in [5.74, 6) is 0.157. The van der Waals surface area contributed by atoms with Crippen LogP contribution in [0.25, 0.3) is 33.6 Å². The Balaban J connectivity index is 1.47. The third-order valence-corrected chi connectivity index (χ3v) is 8.72. The van der Waals surface area contributed by atoms with Crippen LogP contribution in [0.5, 0.6) is 0 Å². The average Bonchev–Trinajstić information content (AvgIpc) is 3.60. The Labute approximate surface area is 249 Å². The van der Waals surface area contributed by atoms with Gasteiger partial charge >= 0.3 is 0 Å². The molecule has 3 heterocycles. The predicted molar refractivity (Wildman–Crippen MR) is 175 cm³/mol. The molecule has 2 aliphatic rings. The van der Waals surface area contributed by atoms with Crippen LogP contribution < -0.4 is 5.32 Å². The van der Waals surface area contributed by atoms with Crippen molar-refractivity contribution in [3.63, 3.8) is 0 Å². The minimum absolute atomic E-state index is 0.304. The third-order valence-electron chi connectivity index (χ3n) is 8.72. The molecule has 220 valence electrons. The Hall–Kier alpha value is -4.06. The predicted octanol–water partition coefficient (Wildman–Crippen LogP) is 9.18. The number of nitrogens with zero attached hydrogens (tertiary/aromatic N) is 2. The molecule has 0 spiro atoms. The number of hydrogen-bond acceptors (Lipinski definition) is 3. The van der Waals surface area contributed by atoms with Crippen molar-refractivity contribution in [1.82, 2.24) is 25.4 Å². The molecule has 0 radical (unpaired) electrons. The molecule has 2 fully saturated rings. The topological polar surface area (TPSA) is 59.7 Å². The first-order valence-electron chi connectivity index (χ1n) is 15.4. The fourth-order valence-electron chi connectivity index (χ4n) is 6.40. The minimum atomic E-state index is -0.304. The van der Waals surface area contributed by atoms with E-state index in [1.807, 2.05) is 31.2 Å². The molecule has 0 bridgehead atoms. The normalized spacial score (nSPS) is 17.5. The summed E-state index contributed by atoms with van der Waals surface area (Å²) < 4.78 is 15.5. The highest BCUT2D eigenvalue weighted by Gasteiger charge is 2.21. The van der Waals surface area contributed by atoms with Gasteiger partial charge in [-0.05, 0) is 87.8 Å². The number of fused-ring (bicyclic) bond motifs is 1. The molecule has 5 nitrogen and oxygen atoms in total. The number of H-pyrrole nitrogens is 2. The molecule has 1 aliphatic heterocycles. The van der Waals surface area contributed by atoms with Crippen LogP contribution in [0.1, 0.15) is 75.1 Å². The number of piperidine rings is 1. The van der Waals surface area contributed by atoms with Gasteiger partial charge in [0.05, 0.1) is 11.2 Å². The number of aromatic nitrogens is 3. The zero-order valence-corrected chi connectivity index (χ0v) is 25.2. The molecule has 0 atom stereocenters. The number of halogens is 1. The van der Waals surface area contributed by atoms with Crippen molar-refractivity contribution in [3.05, 3.63) is 102 Å². The highest BCUT2D eigenvalue weighted by molar-refractivity contribution is 5.95. The van der Waals surface area contributed by atoms with Crippen molar-refractivity contribution in [2.75, 3.05) is 13.1 Å². The van der Waals surface area contributed by atoms with E-state index in [1.54, 1.807) is 6.08 Å². The zero-order valence-electron chi connectivity index (χ0n) is 25.2. The molecule has 1 saturated carbocycles. The molecule has 3 aromatic rings. The molecule has 3 N–H and O–H groups in total. The monoisotopic (exact) mass is 565 g/mol. The summed E-state index contributed by atoms with van der Waals surface area (Å²) in [5, 5.41) is 12.0. The SMILES string of the molecule is C=C/C=C(\c1cc(-c2n[nH]c3cc(F)c(C(/C=C(\C=C)NC(=C)C4CCCCC4)=C/C)cc23)[nH]c1C)N1CCCCC1. The second-order valence-corrected chi connectivity index (χ2v) is 11.5. The standard InChI is InChI=1S/C36H44FN5/c1-6-15-35(42-18-13-10-14-19-42)29-22-34(39-25(29)5)36-31-21-30(32(37)23-33(31)40-41-36)26(7-2)20-28(8-3)38-24(4)27-16-11-9-12-17-27/h6-8,15,20-23,27,38-39H,1,3-4,9-14,16-19H2,2,5H3,(H,40,41)/b26-7+,28-20+,35-15+. The lowest BCUT2D eigenvalue weighted by molar-refractivity contribution is 0.326. The summed E-state index contributed by atoms with van der Waals surface area (Å²) in [7, 11) is 0. The molecule has 1 aromatic carbocycles. The van der Waals surface area contributed by atoms with Crippen molar-refractivity contribution in [1.29, 1.82) is 0 Å². The number of likely N-dealkylation sites (tertiary alicyclic amines) is 1. The number of aromatic amines is 2. The van der Waals surface area contributed by atoms with Gasteiger partial charge in [-0.1, -0.05) is 51.2 Å². The minimum Gasteiger partial charge on any atom is -0.371 e. The Bertz CT molecular complexity index is 1550. The van der Waals surface area contributed by atoms with Crippen LogP contribution in [-0.2, 0) is 0 Å². The van der Waals surface area contributed by atoms with Gasteiger partial charge in [0.15, 0.2) is 0 Å². The highest BCUT2D eigenvalue weighted by atomic mass is 19.1. The van der Waals surface area contributed by atoms with Crippen LogP contribution in [0.4, 0.5) is 4.39 Å². The summed E-state index contributed by atoms with van der Waals surface area (Å²) in [6, 6.07) is 5.59. The first kappa shape index (κ1) is 29.4. The second-order valence-electron chi connectivity index (χ2n) is 11.5. The van der Waals surface area contributed by atoms with Gasteiger partial charge in [0, 0.05) is 58.5 Å². The van der Waals surface area contributed by atoms with Gasteiger partial charge in [0.2, 0.25) is 0 Å². The van der Waals surface area contributed by atoms with Crippen LogP contribution in [0.2, 0.25) is 0 Å². The third kappa shape index (κ3) is 6.23. The van der Waals surface area contributed by atoms with Gasteiger partial charge in [-0.3, -0.25) is 5.10 Å². The lowest BCUT2D eigenvalue weighted by Gasteiger charge is -2.31. The molecule has 5 rings (SSSR count). The lowest BCUT2D eigenvalue weighted by Crippen LogP contribution is -2.28. The van der Waals surface area contributed by atoms with Gasteiger partial charge in [-0.2, -0.15) is 5.10 Å². The van der Waals surface area contributed by atoms with Crippen molar-refractivity contribution < 1.29 is 4.39 Å². The quantitative estimate of drug-likeness (QED) is 0.215. The maximum atomic E-state index is 15.5. The number of aryl methyl sites for hydroxylation is 1. The van der Waals surface area contributed by atoms with Crippen molar-refractivity contribution >= 4 is 22.2 Å². The number of allylic oxidation sites excluding steroid dienone is 7. The van der Waals surface area contributed by atoms with Crippen LogP contribution >= 0.6 is 0 Å². The fourth-order valence-corrected chi connectivity index (χ4v) is 6.40. The fraction of sp³-hybridized carbons (Fsp3) is 0.361. The van der Waals surface area contributed by atoms with E-state index in [9.17, 15) is 0 Å². The van der Waals surface area contributed by atoms with Gasteiger partial charge < -0.3 is 15.2 Å². The average molecular weight is 566 g/mol. The van der Waals surface area contributed by atoms with E-state index >= 15 is 4.39 Å². The number of hydrogen-bond donors (Lipinski definition) is 3. The maximum absolute atomic E-state index is 15.5. The summed E-state index contributed by atoms with van der Waals surface area (Å²) in [6.07, 6.45) is 19.4. The van der Waals surface area contributed by atoms with Crippen molar-refractivity contribution in [2.24, 2.45) is 5.92 Å². The molecule has 1 aliphatic carbocycles. The number of nitrogens with one attached hydrogen (secondary N) is 3. The van der Waals surface area contributed by atoms with E-state index in [2.05, 4.69) is 64.2 Å². The Kier molecular flexibility index (Phi) is 9.31. The summed E-state index contributed by atoms with van der Waals surface area (Å²) in [6.45, 7) is 18.4. The van der Waals surface area contributed by atoms with Crippen molar-refractivity contribution in [2.45, 2.75) is 65.2 Å². The van der Waals surface area contributed by atoms with E-state index in [0.29, 0.717) is 17.0 Å². The Morgan fingerprint density at radius 3 is 2.48 bits per heavy atom. The molecule has 0 amide bonds. The molecular formula is C36H44FN5. The van der Waals surface area contributed by atoms with E-state index in [0.717, 1.165) is 70.9 Å². The number of benzene rings is 1. The van der Waals surface area contributed by atoms with E-state index < -0.39 is 0 Å². The summed E-state index contributed by atoms with van der Waals surface area (Å²) in [4.78, 5) is 6.00. The smallest absolute Gasteiger partial charge is 0.133 e. The first-order valence-corrected chi connectivity index (χ1v) is 15.4. The highest BCUT2D eigenvalue weighted by Crippen LogP contribution is 2.35. The van der Waals surface area contributed by atoms with E-state index in [4.69, 9.17) is 0 Å². The van der Waals surface area contributed by atoms with Gasteiger partial charge in [0.25, 0.3) is 0 Å². The van der Waals surface area contributed by atoms with Gasteiger partial charge in [-0.25, -0.2) is 4.39 Å². The zero-order chi connectivity index (χ0) is 29.6. The Morgan fingerprint density at radius 2 is 1.79 bits per heavy atom. The largest absolute Gasteiger partial charge is 0.371 e.